The van der Waals surface area contributed by atoms with Crippen molar-refractivity contribution in [1.29, 1.82) is 0 Å². The molecule has 9 heavy (non-hydrogen) atoms. The normalized spacial score (nSPS) is 24.7. The standard InChI is InChI=1S/C3H3Cl2F3O/c4-2(7)1(6)3(5,8)9/h1-2,9H. The van der Waals surface area contributed by atoms with E-state index in [1.807, 2.05) is 0 Å². The van der Waals surface area contributed by atoms with Gasteiger partial charge < -0.3 is 5.11 Å². The Hall–Kier alpha value is 0.330. The zero-order valence-electron chi connectivity index (χ0n) is 3.99. The van der Waals surface area contributed by atoms with Gasteiger partial charge in [-0.3, -0.25) is 0 Å². The van der Waals surface area contributed by atoms with Crippen LogP contribution in [0.4, 0.5) is 13.2 Å². The Balaban J connectivity index is 3.88. The first-order chi connectivity index (χ1) is 3.85. The quantitative estimate of drug-likeness (QED) is 0.646. The highest BCUT2D eigenvalue weighted by Crippen LogP contribution is 2.26. The van der Waals surface area contributed by atoms with Gasteiger partial charge in [0.2, 0.25) is 11.8 Å². The molecule has 6 heteroatoms. The molecule has 0 heterocycles. The van der Waals surface area contributed by atoms with Crippen molar-refractivity contribution < 1.29 is 18.3 Å². The first kappa shape index (κ1) is 9.33. The van der Waals surface area contributed by atoms with Crippen LogP contribution in [0.3, 0.4) is 0 Å². The van der Waals surface area contributed by atoms with E-state index in [-0.39, 0.29) is 0 Å². The maximum absolute atomic E-state index is 11.8. The number of aliphatic hydroxyl groups is 1. The molecule has 0 amide bonds. The first-order valence-electron chi connectivity index (χ1n) is 1.88. The van der Waals surface area contributed by atoms with Crippen LogP contribution in [0.15, 0.2) is 0 Å². The van der Waals surface area contributed by atoms with E-state index in [9.17, 15) is 13.2 Å². The Morgan fingerprint density at radius 3 is 1.78 bits per heavy atom. The second-order valence-corrected chi connectivity index (χ2v) is 2.27. The minimum atomic E-state index is -3.72. The highest BCUT2D eigenvalue weighted by molar-refractivity contribution is 6.24. The molecule has 0 saturated heterocycles. The summed E-state index contributed by atoms with van der Waals surface area (Å²) < 4.78 is 34.9. The summed E-state index contributed by atoms with van der Waals surface area (Å²) in [4.78, 5) is 0. The molecule has 0 fully saturated rings. The Labute approximate surface area is 59.4 Å². The Kier molecular flexibility index (Phi) is 3.05. The summed E-state index contributed by atoms with van der Waals surface area (Å²) in [5.74, 6) is 0. The minimum absolute atomic E-state index is 2.64. The highest BCUT2D eigenvalue weighted by Gasteiger charge is 2.40. The monoisotopic (exact) mass is 182 g/mol. The predicted octanol–water partition coefficient (Wildman–Crippen LogP) is 1.71. The fraction of sp³-hybridized carbons (Fsp3) is 1.00. The van der Waals surface area contributed by atoms with Gasteiger partial charge in [-0.2, -0.15) is 4.39 Å². The van der Waals surface area contributed by atoms with Crippen LogP contribution in [0.25, 0.3) is 0 Å². The Morgan fingerprint density at radius 1 is 1.44 bits per heavy atom. The topological polar surface area (TPSA) is 20.2 Å². The molecule has 0 aliphatic heterocycles. The molecule has 1 N–H and O–H groups in total. The summed E-state index contributed by atoms with van der Waals surface area (Å²) in [6.45, 7) is 0. The van der Waals surface area contributed by atoms with Crippen LogP contribution >= 0.6 is 23.2 Å². The van der Waals surface area contributed by atoms with Crippen molar-refractivity contribution >= 4 is 23.2 Å². The third kappa shape index (κ3) is 3.13. The van der Waals surface area contributed by atoms with Gasteiger partial charge in [0, 0.05) is 0 Å². The van der Waals surface area contributed by atoms with Crippen LogP contribution in [0.5, 0.6) is 0 Å². The van der Waals surface area contributed by atoms with E-state index < -0.39 is 17.1 Å². The number of hydrogen-bond donors (Lipinski definition) is 1. The molecule has 1 nitrogen and oxygen atoms in total. The minimum Gasteiger partial charge on any atom is -0.347 e. The van der Waals surface area contributed by atoms with Gasteiger partial charge in [-0.25, -0.2) is 8.78 Å². The molecule has 0 rings (SSSR count). The summed E-state index contributed by atoms with van der Waals surface area (Å²) >= 11 is 8.65. The smallest absolute Gasteiger partial charge is 0.319 e. The maximum atomic E-state index is 11.8. The molecule has 0 aromatic carbocycles. The second kappa shape index (κ2) is 2.94. The van der Waals surface area contributed by atoms with E-state index in [0.717, 1.165) is 0 Å². The third-order valence-electron chi connectivity index (χ3n) is 0.553. The fourth-order valence-corrected chi connectivity index (χ4v) is 0.494. The van der Waals surface area contributed by atoms with Crippen molar-refractivity contribution in [3.8, 4) is 0 Å². The molecular formula is C3H3Cl2F3O. The fourth-order valence-electron chi connectivity index (χ4n) is 0.152. The van der Waals surface area contributed by atoms with Gasteiger partial charge in [0.05, 0.1) is 0 Å². The second-order valence-electron chi connectivity index (χ2n) is 1.32. The van der Waals surface area contributed by atoms with Gasteiger partial charge in [-0.05, 0) is 11.6 Å². The lowest BCUT2D eigenvalue weighted by molar-refractivity contribution is -0.0820. The summed E-state index contributed by atoms with van der Waals surface area (Å²) in [7, 11) is 0. The molecule has 0 saturated carbocycles. The van der Waals surface area contributed by atoms with Gasteiger partial charge in [0.25, 0.3) is 0 Å². The van der Waals surface area contributed by atoms with Crippen molar-refractivity contribution in [2.24, 2.45) is 0 Å². The SMILES string of the molecule is OC(F)(Cl)C(F)C(F)Cl. The zero-order chi connectivity index (χ0) is 7.65. The van der Waals surface area contributed by atoms with Crippen LogP contribution in [-0.4, -0.2) is 22.2 Å². The van der Waals surface area contributed by atoms with Crippen LogP contribution in [0.1, 0.15) is 0 Å². The molecule has 3 atom stereocenters. The van der Waals surface area contributed by atoms with Crippen LogP contribution < -0.4 is 0 Å². The largest absolute Gasteiger partial charge is 0.347 e. The zero-order valence-corrected chi connectivity index (χ0v) is 5.50. The molecule has 0 bridgehead atoms. The van der Waals surface area contributed by atoms with E-state index in [4.69, 9.17) is 5.11 Å². The van der Waals surface area contributed by atoms with E-state index in [0.29, 0.717) is 0 Å². The number of alkyl halides is 5. The molecule has 0 radical (unpaired) electrons. The summed E-state index contributed by atoms with van der Waals surface area (Å²) in [5.41, 5.74) is -2.64. The molecule has 0 aromatic rings. The Bertz CT molecular complexity index is 91.5. The van der Waals surface area contributed by atoms with Gasteiger partial charge in [-0.1, -0.05) is 11.6 Å². The summed E-state index contributed by atoms with van der Waals surface area (Å²) in [5, 5.41) is 4.13. The van der Waals surface area contributed by atoms with Crippen molar-refractivity contribution in [3.63, 3.8) is 0 Å². The van der Waals surface area contributed by atoms with Crippen LogP contribution in [0, 0.1) is 0 Å². The van der Waals surface area contributed by atoms with E-state index in [1.165, 1.54) is 0 Å². The van der Waals surface area contributed by atoms with Crippen molar-refractivity contribution in [2.75, 3.05) is 0 Å². The lowest BCUT2D eigenvalue weighted by Crippen LogP contribution is -2.33. The van der Waals surface area contributed by atoms with Gasteiger partial charge in [0.1, 0.15) is 0 Å². The van der Waals surface area contributed by atoms with E-state index in [1.54, 1.807) is 0 Å². The summed E-state index contributed by atoms with van der Waals surface area (Å²) in [6.07, 6.45) is -2.93. The first-order valence-corrected chi connectivity index (χ1v) is 2.69. The number of rotatable bonds is 2. The van der Waals surface area contributed by atoms with Crippen LogP contribution in [0.2, 0.25) is 0 Å². The molecule has 0 aliphatic rings. The van der Waals surface area contributed by atoms with Gasteiger partial charge in [-0.15, -0.1) is 0 Å². The molecule has 0 aliphatic carbocycles. The molecule has 0 spiro atoms. The average Bonchev–Trinajstić information content (AvgIpc) is 1.62. The predicted molar refractivity (Wildman–Crippen MR) is 27.6 cm³/mol. The lowest BCUT2D eigenvalue weighted by Gasteiger charge is -2.14. The molecule has 0 aromatic heterocycles. The number of hydrogen-bond acceptors (Lipinski definition) is 1. The molecule has 3 unspecified atom stereocenters. The van der Waals surface area contributed by atoms with Crippen molar-refractivity contribution in [2.45, 2.75) is 17.1 Å². The van der Waals surface area contributed by atoms with E-state index in [2.05, 4.69) is 23.2 Å². The molecule has 56 valence electrons. The number of halogens is 5. The summed E-state index contributed by atoms with van der Waals surface area (Å²) in [6, 6.07) is 0. The van der Waals surface area contributed by atoms with E-state index >= 15 is 0 Å². The highest BCUT2D eigenvalue weighted by atomic mass is 35.5. The maximum Gasteiger partial charge on any atom is 0.319 e. The average molecular weight is 183 g/mol. The van der Waals surface area contributed by atoms with Crippen LogP contribution in [-0.2, 0) is 0 Å². The van der Waals surface area contributed by atoms with Crippen molar-refractivity contribution in [1.82, 2.24) is 0 Å². The van der Waals surface area contributed by atoms with Gasteiger partial charge in [0.15, 0.2) is 0 Å². The van der Waals surface area contributed by atoms with Crippen molar-refractivity contribution in [3.05, 3.63) is 0 Å². The molecular weight excluding hydrogens is 180 g/mol. The Morgan fingerprint density at radius 2 is 1.78 bits per heavy atom. The van der Waals surface area contributed by atoms with Gasteiger partial charge >= 0.3 is 5.31 Å². The third-order valence-corrected chi connectivity index (χ3v) is 0.983. The lowest BCUT2D eigenvalue weighted by atomic mass is 10.4.